The fourth-order valence-electron chi connectivity index (χ4n) is 2.01. The van der Waals surface area contributed by atoms with Crippen LogP contribution in [-0.4, -0.2) is 20.3 Å². The molecule has 0 atom stereocenters. The van der Waals surface area contributed by atoms with Crippen LogP contribution in [0.25, 0.3) is 0 Å². The van der Waals surface area contributed by atoms with E-state index >= 15 is 0 Å². The molecule has 0 fully saturated rings. The average Bonchev–Trinajstić information content (AvgIpc) is 2.46. The summed E-state index contributed by atoms with van der Waals surface area (Å²) in [6.07, 6.45) is 1.68. The molecule has 0 spiro atoms. The maximum atomic E-state index is 8.99. The van der Waals surface area contributed by atoms with Crippen molar-refractivity contribution in [2.45, 2.75) is 40.2 Å². The summed E-state index contributed by atoms with van der Waals surface area (Å²) in [5, 5.41) is 12.1. The highest BCUT2D eigenvalue weighted by Gasteiger charge is 2.16. The minimum absolute atomic E-state index is 0.289. The first kappa shape index (κ1) is 17.3. The van der Waals surface area contributed by atoms with Crippen molar-refractivity contribution in [2.75, 3.05) is 20.3 Å². The summed E-state index contributed by atoms with van der Waals surface area (Å²) in [7, 11) is 1.92. The van der Waals surface area contributed by atoms with Crippen LogP contribution in [0.2, 0.25) is 0 Å². The Morgan fingerprint density at radius 3 is 2.62 bits per heavy atom. The maximum Gasteiger partial charge on any atom is 0.161 e. The second-order valence-electron chi connectivity index (χ2n) is 5.69. The zero-order valence-electron chi connectivity index (χ0n) is 13.5. The summed E-state index contributed by atoms with van der Waals surface area (Å²) in [5.41, 5.74) is 0.877. The van der Waals surface area contributed by atoms with Gasteiger partial charge < -0.3 is 14.8 Å². The molecule has 4 heteroatoms. The highest BCUT2D eigenvalue weighted by atomic mass is 16.5. The Bertz CT molecular complexity index is 478. The summed E-state index contributed by atoms with van der Waals surface area (Å²) in [6.45, 7) is 7.87. The molecule has 0 aliphatic rings. The molecular formula is C17H26N2O2. The lowest BCUT2D eigenvalue weighted by Gasteiger charge is -2.16. The number of rotatable bonds is 9. The first-order valence-electron chi connectivity index (χ1n) is 7.47. The molecule has 116 valence electrons. The molecule has 1 aromatic rings. The normalized spacial score (nSPS) is 11.0. The van der Waals surface area contributed by atoms with Crippen molar-refractivity contribution in [3.8, 4) is 17.6 Å². The van der Waals surface area contributed by atoms with Crippen LogP contribution in [0.1, 0.15) is 39.2 Å². The lowest BCUT2D eigenvalue weighted by molar-refractivity contribution is 0.259. The molecule has 0 amide bonds. The highest BCUT2D eigenvalue weighted by Crippen LogP contribution is 2.29. The zero-order chi connectivity index (χ0) is 15.7. The molecule has 4 nitrogen and oxygen atoms in total. The molecule has 0 heterocycles. The van der Waals surface area contributed by atoms with Crippen molar-refractivity contribution in [3.05, 3.63) is 23.8 Å². The van der Waals surface area contributed by atoms with E-state index in [4.69, 9.17) is 14.7 Å². The van der Waals surface area contributed by atoms with Crippen LogP contribution in [0.5, 0.6) is 11.5 Å². The minimum Gasteiger partial charge on any atom is -0.490 e. The van der Waals surface area contributed by atoms with Crippen molar-refractivity contribution >= 4 is 0 Å². The largest absolute Gasteiger partial charge is 0.490 e. The van der Waals surface area contributed by atoms with Gasteiger partial charge in [-0.25, -0.2) is 0 Å². The fourth-order valence-corrected chi connectivity index (χ4v) is 2.01. The number of ether oxygens (including phenoxy) is 2. The van der Waals surface area contributed by atoms with Gasteiger partial charge in [-0.15, -0.1) is 0 Å². The van der Waals surface area contributed by atoms with E-state index in [0.717, 1.165) is 30.9 Å². The van der Waals surface area contributed by atoms with Gasteiger partial charge >= 0.3 is 0 Å². The molecule has 0 radical (unpaired) electrons. The predicted molar refractivity (Wildman–Crippen MR) is 84.5 cm³/mol. The third kappa shape index (κ3) is 6.05. The summed E-state index contributed by atoms with van der Waals surface area (Å²) in [4.78, 5) is 0. The van der Waals surface area contributed by atoms with Crippen LogP contribution in [0.3, 0.4) is 0 Å². The van der Waals surface area contributed by atoms with Crippen molar-refractivity contribution in [1.82, 2.24) is 5.32 Å². The second kappa shape index (κ2) is 8.53. The number of nitriles is 1. The molecular weight excluding hydrogens is 264 g/mol. The molecule has 0 aliphatic heterocycles. The van der Waals surface area contributed by atoms with E-state index in [9.17, 15) is 0 Å². The molecule has 1 aromatic carbocycles. The molecule has 0 unspecified atom stereocenters. The smallest absolute Gasteiger partial charge is 0.161 e. The Labute approximate surface area is 128 Å². The molecule has 1 N–H and O–H groups in total. The van der Waals surface area contributed by atoms with Gasteiger partial charge in [0.15, 0.2) is 11.5 Å². The van der Waals surface area contributed by atoms with Crippen molar-refractivity contribution in [3.63, 3.8) is 0 Å². The van der Waals surface area contributed by atoms with Crippen LogP contribution in [0, 0.1) is 16.7 Å². The van der Waals surface area contributed by atoms with Gasteiger partial charge in [0.2, 0.25) is 0 Å². The van der Waals surface area contributed by atoms with Gasteiger partial charge in [-0.1, -0.05) is 6.07 Å². The lowest BCUT2D eigenvalue weighted by Crippen LogP contribution is -2.10. The Morgan fingerprint density at radius 1 is 1.24 bits per heavy atom. The second-order valence-corrected chi connectivity index (χ2v) is 5.69. The van der Waals surface area contributed by atoms with Crippen LogP contribution < -0.4 is 14.8 Å². The van der Waals surface area contributed by atoms with E-state index in [2.05, 4.69) is 11.4 Å². The molecule has 21 heavy (non-hydrogen) atoms. The first-order valence-corrected chi connectivity index (χ1v) is 7.47. The van der Waals surface area contributed by atoms with Crippen LogP contribution in [0.4, 0.5) is 0 Å². The standard InChI is InChI=1S/C17H26N2O2/c1-5-20-16-11-14(12-19-4)7-8-15(16)21-10-6-9-17(2,3)13-18/h7-8,11,19H,5-6,9-10,12H2,1-4H3. The molecule has 1 rings (SSSR count). The molecule has 0 saturated heterocycles. The number of hydrogen-bond donors (Lipinski definition) is 1. The highest BCUT2D eigenvalue weighted by molar-refractivity contribution is 5.43. The number of benzene rings is 1. The third-order valence-electron chi connectivity index (χ3n) is 3.20. The van der Waals surface area contributed by atoms with Gasteiger partial charge in [-0.05, 0) is 58.4 Å². The number of nitrogens with zero attached hydrogens (tertiary/aromatic N) is 1. The van der Waals surface area contributed by atoms with E-state index in [0.29, 0.717) is 13.2 Å². The van der Waals surface area contributed by atoms with E-state index in [-0.39, 0.29) is 5.41 Å². The minimum atomic E-state index is -0.289. The van der Waals surface area contributed by atoms with E-state index < -0.39 is 0 Å². The Hall–Kier alpha value is -1.73. The molecule has 0 saturated carbocycles. The van der Waals surface area contributed by atoms with Crippen molar-refractivity contribution in [1.29, 1.82) is 5.26 Å². The van der Waals surface area contributed by atoms with Crippen LogP contribution in [-0.2, 0) is 6.54 Å². The van der Waals surface area contributed by atoms with Gasteiger partial charge in [0.1, 0.15) is 0 Å². The SMILES string of the molecule is CCOc1cc(CNC)ccc1OCCCC(C)(C)C#N. The summed E-state index contributed by atoms with van der Waals surface area (Å²) < 4.78 is 11.4. The van der Waals surface area contributed by atoms with E-state index in [1.54, 1.807) is 0 Å². The number of nitrogens with one attached hydrogen (secondary N) is 1. The molecule has 0 aliphatic carbocycles. The Balaban J connectivity index is 2.59. The zero-order valence-corrected chi connectivity index (χ0v) is 13.5. The van der Waals surface area contributed by atoms with Gasteiger partial charge in [-0.3, -0.25) is 0 Å². The lowest BCUT2D eigenvalue weighted by atomic mass is 9.90. The third-order valence-corrected chi connectivity index (χ3v) is 3.20. The predicted octanol–water partition coefficient (Wildman–Crippen LogP) is 3.51. The van der Waals surface area contributed by atoms with Gasteiger partial charge in [-0.2, -0.15) is 5.26 Å². The Morgan fingerprint density at radius 2 is 2.00 bits per heavy atom. The summed E-state index contributed by atoms with van der Waals surface area (Å²) >= 11 is 0. The van der Waals surface area contributed by atoms with E-state index in [1.807, 2.05) is 46.0 Å². The van der Waals surface area contributed by atoms with Crippen molar-refractivity contribution in [2.24, 2.45) is 5.41 Å². The quantitative estimate of drug-likeness (QED) is 0.707. The van der Waals surface area contributed by atoms with Gasteiger partial charge in [0, 0.05) is 6.54 Å². The average molecular weight is 290 g/mol. The van der Waals surface area contributed by atoms with Gasteiger partial charge in [0.25, 0.3) is 0 Å². The number of hydrogen-bond acceptors (Lipinski definition) is 4. The van der Waals surface area contributed by atoms with Gasteiger partial charge in [0.05, 0.1) is 24.7 Å². The first-order chi connectivity index (χ1) is 10.0. The molecule has 0 aromatic heterocycles. The van der Waals surface area contributed by atoms with Crippen LogP contribution >= 0.6 is 0 Å². The van der Waals surface area contributed by atoms with Crippen LogP contribution in [0.15, 0.2) is 18.2 Å². The summed E-state index contributed by atoms with van der Waals surface area (Å²) in [6, 6.07) is 8.30. The summed E-state index contributed by atoms with van der Waals surface area (Å²) in [5.74, 6) is 1.55. The topological polar surface area (TPSA) is 54.3 Å². The Kier molecular flexibility index (Phi) is 7.04. The maximum absolute atomic E-state index is 8.99. The van der Waals surface area contributed by atoms with E-state index in [1.165, 1.54) is 5.56 Å². The monoisotopic (exact) mass is 290 g/mol. The fraction of sp³-hybridized carbons (Fsp3) is 0.588. The molecule has 0 bridgehead atoms. The van der Waals surface area contributed by atoms with Crippen molar-refractivity contribution < 1.29 is 9.47 Å².